The van der Waals surface area contributed by atoms with Crippen LogP contribution in [0.5, 0.6) is 5.75 Å². The predicted octanol–water partition coefficient (Wildman–Crippen LogP) is 2.98. The number of ether oxygens (including phenoxy) is 1. The number of nitrogens with zero attached hydrogens (tertiary/aromatic N) is 2. The van der Waals surface area contributed by atoms with Crippen LogP contribution in [0.3, 0.4) is 0 Å². The molecule has 1 amide bonds. The van der Waals surface area contributed by atoms with Gasteiger partial charge in [0.1, 0.15) is 12.4 Å². The summed E-state index contributed by atoms with van der Waals surface area (Å²) in [6.45, 7) is 7.19. The Labute approximate surface area is 132 Å². The summed E-state index contributed by atoms with van der Waals surface area (Å²) in [5.41, 5.74) is 2.52. The zero-order valence-electron chi connectivity index (χ0n) is 13.4. The van der Waals surface area contributed by atoms with E-state index in [1.54, 1.807) is 0 Å². The van der Waals surface area contributed by atoms with Gasteiger partial charge in [0.15, 0.2) is 0 Å². The van der Waals surface area contributed by atoms with Gasteiger partial charge in [-0.2, -0.15) is 0 Å². The maximum atomic E-state index is 12.3. The van der Waals surface area contributed by atoms with Crippen LogP contribution in [0.15, 0.2) is 18.2 Å². The van der Waals surface area contributed by atoms with Crippen molar-refractivity contribution in [2.24, 2.45) is 5.92 Å². The first-order valence-electron chi connectivity index (χ1n) is 8.48. The number of likely N-dealkylation sites (tertiary alicyclic amines) is 1. The Bertz CT molecular complexity index is 599. The molecule has 2 atom stereocenters. The number of hydrogen-bond acceptors (Lipinski definition) is 3. The maximum absolute atomic E-state index is 12.3. The van der Waals surface area contributed by atoms with E-state index < -0.39 is 0 Å². The lowest BCUT2D eigenvalue weighted by atomic mass is 9.84. The van der Waals surface area contributed by atoms with E-state index in [0.717, 1.165) is 38.3 Å². The fourth-order valence-corrected chi connectivity index (χ4v) is 4.34. The fraction of sp³-hybridized carbons (Fsp3) is 0.611. The molecule has 4 nitrogen and oxygen atoms in total. The Kier molecular flexibility index (Phi) is 3.28. The van der Waals surface area contributed by atoms with Crippen LogP contribution in [0.4, 0.5) is 5.69 Å². The highest BCUT2D eigenvalue weighted by atomic mass is 16.5. The Morgan fingerprint density at radius 1 is 1.23 bits per heavy atom. The monoisotopic (exact) mass is 300 g/mol. The van der Waals surface area contributed by atoms with Crippen LogP contribution in [-0.4, -0.2) is 36.5 Å². The van der Waals surface area contributed by atoms with E-state index in [2.05, 4.69) is 41.8 Å². The quantitative estimate of drug-likeness (QED) is 0.842. The van der Waals surface area contributed by atoms with E-state index in [1.165, 1.54) is 11.3 Å². The fourth-order valence-electron chi connectivity index (χ4n) is 4.34. The standard InChI is InChI=1S/C18H24N2O2/c1-12(2)14-11-15(19-8-4-7-17(19)21)13-5-3-6-16-18(13)20(14)9-10-22-16/h3,5-6,12,14-15H,4,7-11H2,1-2H3/t14-,15-/m1/s1. The molecule has 0 saturated carbocycles. The van der Waals surface area contributed by atoms with E-state index in [1.807, 2.05) is 0 Å². The summed E-state index contributed by atoms with van der Waals surface area (Å²) in [6, 6.07) is 7.02. The molecular weight excluding hydrogens is 276 g/mol. The summed E-state index contributed by atoms with van der Waals surface area (Å²) in [5, 5.41) is 0. The maximum Gasteiger partial charge on any atom is 0.223 e. The van der Waals surface area contributed by atoms with Crippen molar-refractivity contribution >= 4 is 11.6 Å². The van der Waals surface area contributed by atoms with Crippen molar-refractivity contribution in [3.05, 3.63) is 23.8 Å². The lowest BCUT2D eigenvalue weighted by Crippen LogP contribution is -2.50. The number of amides is 1. The van der Waals surface area contributed by atoms with Crippen molar-refractivity contribution in [3.63, 3.8) is 0 Å². The number of anilines is 1. The molecule has 0 radical (unpaired) electrons. The third kappa shape index (κ3) is 2.00. The number of hydrogen-bond donors (Lipinski definition) is 0. The van der Waals surface area contributed by atoms with Crippen molar-refractivity contribution in [2.75, 3.05) is 24.6 Å². The summed E-state index contributed by atoms with van der Waals surface area (Å²) in [5.74, 6) is 1.88. The van der Waals surface area contributed by atoms with Gasteiger partial charge in [-0.25, -0.2) is 0 Å². The topological polar surface area (TPSA) is 32.8 Å². The molecule has 1 aromatic rings. The molecule has 0 unspecified atom stereocenters. The lowest BCUT2D eigenvalue weighted by molar-refractivity contribution is -0.130. The molecular formula is C18H24N2O2. The predicted molar refractivity (Wildman–Crippen MR) is 86.2 cm³/mol. The van der Waals surface area contributed by atoms with E-state index in [0.29, 0.717) is 24.3 Å². The molecule has 1 aromatic carbocycles. The zero-order chi connectivity index (χ0) is 15.3. The van der Waals surface area contributed by atoms with Crippen LogP contribution in [0.2, 0.25) is 0 Å². The second-order valence-electron chi connectivity index (χ2n) is 6.99. The molecule has 22 heavy (non-hydrogen) atoms. The number of carbonyl (C=O) groups is 1. The molecule has 118 valence electrons. The average Bonchev–Trinajstić information content (AvgIpc) is 2.94. The summed E-state index contributed by atoms with van der Waals surface area (Å²) in [6.07, 6.45) is 2.74. The van der Waals surface area contributed by atoms with Gasteiger partial charge in [-0.05, 0) is 24.8 Å². The van der Waals surface area contributed by atoms with Gasteiger partial charge >= 0.3 is 0 Å². The van der Waals surface area contributed by atoms with Gasteiger partial charge in [-0.3, -0.25) is 4.79 Å². The number of benzene rings is 1. The first-order valence-corrected chi connectivity index (χ1v) is 8.48. The van der Waals surface area contributed by atoms with Crippen LogP contribution in [0, 0.1) is 5.92 Å². The first kappa shape index (κ1) is 13.9. The molecule has 4 rings (SSSR count). The van der Waals surface area contributed by atoms with Gasteiger partial charge in [0.05, 0.1) is 18.3 Å². The van der Waals surface area contributed by atoms with Crippen molar-refractivity contribution in [3.8, 4) is 5.75 Å². The van der Waals surface area contributed by atoms with Gasteiger partial charge in [-0.1, -0.05) is 26.0 Å². The van der Waals surface area contributed by atoms with Gasteiger partial charge in [-0.15, -0.1) is 0 Å². The number of rotatable bonds is 2. The summed E-state index contributed by atoms with van der Waals surface area (Å²) in [4.78, 5) is 16.9. The highest BCUT2D eigenvalue weighted by Crippen LogP contribution is 2.48. The molecule has 1 fully saturated rings. The van der Waals surface area contributed by atoms with E-state index in [-0.39, 0.29) is 6.04 Å². The summed E-state index contributed by atoms with van der Waals surface area (Å²) >= 11 is 0. The van der Waals surface area contributed by atoms with Gasteiger partial charge in [0.2, 0.25) is 5.91 Å². The van der Waals surface area contributed by atoms with Gasteiger partial charge in [0.25, 0.3) is 0 Å². The highest BCUT2D eigenvalue weighted by Gasteiger charge is 2.41. The zero-order valence-corrected chi connectivity index (χ0v) is 13.4. The van der Waals surface area contributed by atoms with Crippen molar-refractivity contribution < 1.29 is 9.53 Å². The Balaban J connectivity index is 1.82. The summed E-state index contributed by atoms with van der Waals surface area (Å²) < 4.78 is 5.89. The van der Waals surface area contributed by atoms with Gasteiger partial charge < -0.3 is 14.5 Å². The smallest absolute Gasteiger partial charge is 0.223 e. The van der Waals surface area contributed by atoms with E-state index >= 15 is 0 Å². The average molecular weight is 300 g/mol. The van der Waals surface area contributed by atoms with E-state index in [9.17, 15) is 4.79 Å². The minimum Gasteiger partial charge on any atom is -0.490 e. The SMILES string of the molecule is CC(C)[C@H]1C[C@@H](N2CCCC2=O)c2cccc3c2N1CCO3. The van der Waals surface area contributed by atoms with Crippen molar-refractivity contribution in [2.45, 2.75) is 45.2 Å². The molecule has 3 aliphatic heterocycles. The molecule has 0 aromatic heterocycles. The third-order valence-electron chi connectivity index (χ3n) is 5.39. The molecule has 0 N–H and O–H groups in total. The van der Waals surface area contributed by atoms with Crippen LogP contribution in [0.25, 0.3) is 0 Å². The van der Waals surface area contributed by atoms with Gasteiger partial charge in [0, 0.05) is 24.6 Å². The molecule has 4 heteroatoms. The van der Waals surface area contributed by atoms with Crippen LogP contribution in [0.1, 0.15) is 44.7 Å². The normalized spacial score (nSPS) is 27.1. The molecule has 1 saturated heterocycles. The van der Waals surface area contributed by atoms with Crippen molar-refractivity contribution in [1.82, 2.24) is 4.90 Å². The minimum absolute atomic E-state index is 0.218. The molecule has 3 heterocycles. The Morgan fingerprint density at radius 3 is 2.82 bits per heavy atom. The molecule has 0 bridgehead atoms. The molecule has 0 spiro atoms. The summed E-state index contributed by atoms with van der Waals surface area (Å²) in [7, 11) is 0. The largest absolute Gasteiger partial charge is 0.490 e. The highest BCUT2D eigenvalue weighted by molar-refractivity contribution is 5.80. The Hall–Kier alpha value is -1.71. The second kappa shape index (κ2) is 5.18. The minimum atomic E-state index is 0.218. The first-order chi connectivity index (χ1) is 10.7. The molecule has 0 aliphatic carbocycles. The van der Waals surface area contributed by atoms with Crippen molar-refractivity contribution in [1.29, 1.82) is 0 Å². The second-order valence-corrected chi connectivity index (χ2v) is 6.99. The lowest BCUT2D eigenvalue weighted by Gasteiger charge is -2.48. The van der Waals surface area contributed by atoms with Crippen LogP contribution < -0.4 is 9.64 Å². The third-order valence-corrected chi connectivity index (χ3v) is 5.39. The Morgan fingerprint density at radius 2 is 2.09 bits per heavy atom. The number of para-hydroxylation sites is 1. The number of carbonyl (C=O) groups excluding carboxylic acids is 1. The molecule has 3 aliphatic rings. The van der Waals surface area contributed by atoms with Crippen LogP contribution in [-0.2, 0) is 4.79 Å². The van der Waals surface area contributed by atoms with E-state index in [4.69, 9.17) is 4.74 Å². The van der Waals surface area contributed by atoms with Crippen LogP contribution >= 0.6 is 0 Å².